The Morgan fingerprint density at radius 3 is 2.64 bits per heavy atom. The van der Waals surface area contributed by atoms with Crippen LogP contribution in [0.4, 0.5) is 0 Å². The Hall–Kier alpha value is -1.75. The van der Waals surface area contributed by atoms with E-state index >= 15 is 0 Å². The van der Waals surface area contributed by atoms with Gasteiger partial charge in [0.25, 0.3) is 0 Å². The summed E-state index contributed by atoms with van der Waals surface area (Å²) in [5, 5.41) is 3.11. The van der Waals surface area contributed by atoms with E-state index in [9.17, 15) is 0 Å². The van der Waals surface area contributed by atoms with Gasteiger partial charge in [-0.25, -0.2) is 0 Å². The number of aliphatic imine (C=N–C) groups is 1. The third kappa shape index (κ3) is 9.23. The van der Waals surface area contributed by atoms with Gasteiger partial charge in [0.1, 0.15) is 5.75 Å². The van der Waals surface area contributed by atoms with Crippen molar-refractivity contribution in [2.24, 2.45) is 10.7 Å². The van der Waals surface area contributed by atoms with Crippen LogP contribution >= 0.6 is 0 Å². The lowest BCUT2D eigenvalue weighted by Crippen LogP contribution is -2.32. The van der Waals surface area contributed by atoms with E-state index in [4.69, 9.17) is 15.2 Å². The molecule has 22 heavy (non-hydrogen) atoms. The van der Waals surface area contributed by atoms with Crippen LogP contribution in [0.3, 0.4) is 0 Å². The normalized spacial score (nSPS) is 11.5. The van der Waals surface area contributed by atoms with Crippen LogP contribution in [0.2, 0.25) is 0 Å². The molecule has 0 aliphatic carbocycles. The molecule has 0 bridgehead atoms. The molecule has 0 aliphatic heterocycles. The molecule has 3 N–H and O–H groups in total. The van der Waals surface area contributed by atoms with Crippen LogP contribution in [-0.4, -0.2) is 38.9 Å². The molecule has 1 aromatic carbocycles. The molecule has 0 aliphatic rings. The molecule has 0 aromatic heterocycles. The summed E-state index contributed by atoms with van der Waals surface area (Å²) in [4.78, 5) is 4.24. The summed E-state index contributed by atoms with van der Waals surface area (Å²) in [6.45, 7) is 7.79. The number of nitrogens with two attached hydrogens (primary N) is 1. The predicted octanol–water partition coefficient (Wildman–Crippen LogP) is 2.48. The lowest BCUT2D eigenvalue weighted by atomic mass is 10.2. The fourth-order valence-corrected chi connectivity index (χ4v) is 1.83. The lowest BCUT2D eigenvalue weighted by Gasteiger charge is -2.08. The first-order chi connectivity index (χ1) is 10.7. The van der Waals surface area contributed by atoms with Crippen molar-refractivity contribution in [2.45, 2.75) is 33.1 Å². The largest absolute Gasteiger partial charge is 0.494 e. The van der Waals surface area contributed by atoms with Gasteiger partial charge in [0, 0.05) is 26.3 Å². The molecule has 0 unspecified atom stereocenters. The molecule has 1 aromatic rings. The van der Waals surface area contributed by atoms with E-state index in [-0.39, 0.29) is 0 Å². The van der Waals surface area contributed by atoms with Crippen LogP contribution in [0.15, 0.2) is 29.3 Å². The SMILES string of the molecule is CCOCCCN=C(N)NCCCCOc1ccc(C)cc1. The molecule has 5 nitrogen and oxygen atoms in total. The highest BCUT2D eigenvalue weighted by Gasteiger charge is 1.95. The molecule has 0 saturated heterocycles. The van der Waals surface area contributed by atoms with Crippen molar-refractivity contribution in [1.82, 2.24) is 5.32 Å². The van der Waals surface area contributed by atoms with Gasteiger partial charge >= 0.3 is 0 Å². The second kappa shape index (κ2) is 11.9. The van der Waals surface area contributed by atoms with Gasteiger partial charge in [-0.3, -0.25) is 4.99 Å². The zero-order chi connectivity index (χ0) is 16.0. The molecule has 0 radical (unpaired) electrons. The maximum absolute atomic E-state index is 5.78. The van der Waals surface area contributed by atoms with E-state index in [2.05, 4.69) is 29.4 Å². The number of rotatable bonds is 11. The Kier molecular flexibility index (Phi) is 9.87. The Morgan fingerprint density at radius 2 is 1.91 bits per heavy atom. The van der Waals surface area contributed by atoms with E-state index in [0.29, 0.717) is 12.5 Å². The maximum atomic E-state index is 5.78. The molecule has 0 amide bonds. The zero-order valence-corrected chi connectivity index (χ0v) is 13.8. The Morgan fingerprint density at radius 1 is 1.14 bits per heavy atom. The zero-order valence-electron chi connectivity index (χ0n) is 13.8. The van der Waals surface area contributed by atoms with Crippen LogP contribution in [-0.2, 0) is 4.74 Å². The highest BCUT2D eigenvalue weighted by molar-refractivity contribution is 5.77. The minimum Gasteiger partial charge on any atom is -0.494 e. The van der Waals surface area contributed by atoms with Gasteiger partial charge in [-0.15, -0.1) is 0 Å². The summed E-state index contributed by atoms with van der Waals surface area (Å²) < 4.78 is 10.9. The Bertz CT molecular complexity index is 418. The highest BCUT2D eigenvalue weighted by atomic mass is 16.5. The van der Waals surface area contributed by atoms with Crippen LogP contribution in [0.1, 0.15) is 31.7 Å². The second-order valence-electron chi connectivity index (χ2n) is 5.11. The third-order valence-electron chi connectivity index (χ3n) is 3.10. The van der Waals surface area contributed by atoms with Gasteiger partial charge in [-0.2, -0.15) is 0 Å². The van der Waals surface area contributed by atoms with Crippen molar-refractivity contribution in [3.8, 4) is 5.75 Å². The molecule has 0 saturated carbocycles. The van der Waals surface area contributed by atoms with Crippen molar-refractivity contribution >= 4 is 5.96 Å². The smallest absolute Gasteiger partial charge is 0.188 e. The minimum absolute atomic E-state index is 0.510. The summed E-state index contributed by atoms with van der Waals surface area (Å²) in [6, 6.07) is 8.11. The number of benzene rings is 1. The summed E-state index contributed by atoms with van der Waals surface area (Å²) in [5.74, 6) is 1.44. The van der Waals surface area contributed by atoms with Crippen LogP contribution in [0.5, 0.6) is 5.75 Å². The average molecular weight is 307 g/mol. The number of unbranched alkanes of at least 4 members (excludes halogenated alkanes) is 1. The van der Waals surface area contributed by atoms with Crippen molar-refractivity contribution in [2.75, 3.05) is 32.9 Å². The summed E-state index contributed by atoms with van der Waals surface area (Å²) in [6.07, 6.45) is 2.89. The first-order valence-corrected chi connectivity index (χ1v) is 8.03. The van der Waals surface area contributed by atoms with Crippen molar-refractivity contribution in [3.05, 3.63) is 29.8 Å². The standard InChI is InChI=1S/C17H29N3O2/c1-3-21-13-6-12-20-17(18)19-11-4-5-14-22-16-9-7-15(2)8-10-16/h7-10H,3-6,11-14H2,1-2H3,(H3,18,19,20). The summed E-state index contributed by atoms with van der Waals surface area (Å²) in [7, 11) is 0. The molecule has 0 atom stereocenters. The van der Waals surface area contributed by atoms with Crippen LogP contribution < -0.4 is 15.8 Å². The van der Waals surface area contributed by atoms with E-state index < -0.39 is 0 Å². The van der Waals surface area contributed by atoms with E-state index in [0.717, 1.165) is 51.4 Å². The van der Waals surface area contributed by atoms with Gasteiger partial charge in [-0.05, 0) is 45.2 Å². The lowest BCUT2D eigenvalue weighted by molar-refractivity contribution is 0.146. The van der Waals surface area contributed by atoms with E-state index in [1.807, 2.05) is 19.1 Å². The van der Waals surface area contributed by atoms with E-state index in [1.165, 1.54) is 5.56 Å². The third-order valence-corrected chi connectivity index (χ3v) is 3.10. The number of aryl methyl sites for hydroxylation is 1. The molecular weight excluding hydrogens is 278 g/mol. The average Bonchev–Trinajstić information content (AvgIpc) is 2.52. The molecule has 124 valence electrons. The van der Waals surface area contributed by atoms with Crippen molar-refractivity contribution < 1.29 is 9.47 Å². The van der Waals surface area contributed by atoms with Gasteiger partial charge < -0.3 is 20.5 Å². The summed E-state index contributed by atoms with van der Waals surface area (Å²) >= 11 is 0. The monoisotopic (exact) mass is 307 g/mol. The van der Waals surface area contributed by atoms with E-state index in [1.54, 1.807) is 0 Å². The highest BCUT2D eigenvalue weighted by Crippen LogP contribution is 2.11. The molecular formula is C17H29N3O2. The van der Waals surface area contributed by atoms with Gasteiger partial charge in [0.05, 0.1) is 6.61 Å². The van der Waals surface area contributed by atoms with Crippen LogP contribution in [0, 0.1) is 6.92 Å². The Balaban J connectivity index is 1.98. The summed E-state index contributed by atoms with van der Waals surface area (Å²) in [5.41, 5.74) is 7.02. The predicted molar refractivity (Wildman–Crippen MR) is 91.5 cm³/mol. The first kappa shape index (κ1) is 18.3. The fraction of sp³-hybridized carbons (Fsp3) is 0.588. The number of guanidine groups is 1. The van der Waals surface area contributed by atoms with Gasteiger partial charge in [0.2, 0.25) is 0 Å². The number of nitrogens with zero attached hydrogens (tertiary/aromatic N) is 1. The Labute approximate surface area is 133 Å². The minimum atomic E-state index is 0.510. The van der Waals surface area contributed by atoms with Crippen molar-refractivity contribution in [3.63, 3.8) is 0 Å². The van der Waals surface area contributed by atoms with Crippen molar-refractivity contribution in [1.29, 1.82) is 0 Å². The molecule has 5 heteroatoms. The topological polar surface area (TPSA) is 68.9 Å². The van der Waals surface area contributed by atoms with Crippen LogP contribution in [0.25, 0.3) is 0 Å². The number of ether oxygens (including phenoxy) is 2. The quantitative estimate of drug-likeness (QED) is 0.374. The number of hydrogen-bond donors (Lipinski definition) is 2. The number of nitrogens with one attached hydrogen (secondary N) is 1. The molecule has 0 heterocycles. The first-order valence-electron chi connectivity index (χ1n) is 8.03. The molecule has 0 spiro atoms. The molecule has 0 fully saturated rings. The van der Waals surface area contributed by atoms with Gasteiger partial charge in [-0.1, -0.05) is 17.7 Å². The number of hydrogen-bond acceptors (Lipinski definition) is 3. The van der Waals surface area contributed by atoms with Gasteiger partial charge in [0.15, 0.2) is 5.96 Å². The fourth-order valence-electron chi connectivity index (χ4n) is 1.83. The molecule has 1 rings (SSSR count). The second-order valence-corrected chi connectivity index (χ2v) is 5.11. The maximum Gasteiger partial charge on any atom is 0.188 e.